The second-order valence-corrected chi connectivity index (χ2v) is 14.0. The van der Waals surface area contributed by atoms with Gasteiger partial charge in [0.2, 0.25) is 5.88 Å². The van der Waals surface area contributed by atoms with Crippen molar-refractivity contribution in [2.75, 3.05) is 51.5 Å². The van der Waals surface area contributed by atoms with Gasteiger partial charge in [0.15, 0.2) is 5.82 Å². The molecule has 0 radical (unpaired) electrons. The van der Waals surface area contributed by atoms with E-state index in [9.17, 15) is 5.11 Å². The predicted octanol–water partition coefficient (Wildman–Crippen LogP) is 4.79. The van der Waals surface area contributed by atoms with Crippen molar-refractivity contribution in [3.05, 3.63) is 29.2 Å². The van der Waals surface area contributed by atoms with Crippen LogP contribution in [0.4, 0.5) is 10.2 Å². The van der Waals surface area contributed by atoms with Gasteiger partial charge in [-0.1, -0.05) is 6.42 Å². The van der Waals surface area contributed by atoms with Crippen molar-refractivity contribution in [3.8, 4) is 23.1 Å². The molecule has 4 aromatic rings. The van der Waals surface area contributed by atoms with Crippen molar-refractivity contribution in [1.82, 2.24) is 30.5 Å². The fraction of sp³-hybridized carbons (Fsp3) is 0.588. The molecule has 2 saturated carbocycles. The van der Waals surface area contributed by atoms with E-state index in [1.54, 1.807) is 13.1 Å². The largest absolute Gasteiger partial charge is 0.480 e. The van der Waals surface area contributed by atoms with Gasteiger partial charge in [0.05, 0.1) is 45.2 Å². The number of benzene rings is 1. The summed E-state index contributed by atoms with van der Waals surface area (Å²) in [5, 5.41) is 23.3. The molecule has 5 heterocycles. The number of hydrogen-bond donors (Lipinski definition) is 3. The van der Waals surface area contributed by atoms with Crippen LogP contribution in [0.15, 0.2) is 12.3 Å². The summed E-state index contributed by atoms with van der Waals surface area (Å²) in [4.78, 5) is 16.4. The summed E-state index contributed by atoms with van der Waals surface area (Å²) in [5.41, 5.74) is 2.81. The molecule has 0 spiro atoms. The molecule has 2 aliphatic carbocycles. The maximum Gasteiger partial charge on any atom is 0.319 e. The highest BCUT2D eigenvalue weighted by atomic mass is 19.1. The van der Waals surface area contributed by atoms with Crippen LogP contribution in [0.5, 0.6) is 11.9 Å². The van der Waals surface area contributed by atoms with Crippen LogP contribution < -0.4 is 19.7 Å². The van der Waals surface area contributed by atoms with E-state index in [1.807, 2.05) is 4.90 Å². The van der Waals surface area contributed by atoms with Crippen LogP contribution in [-0.4, -0.2) is 88.5 Å². The number of aryl methyl sites for hydroxylation is 1. The lowest BCUT2D eigenvalue weighted by molar-refractivity contribution is -0.0123. The maximum atomic E-state index is 17.3. The Hall–Kier alpha value is -3.61. The molecule has 8 rings (SSSR count). The third-order valence-corrected chi connectivity index (χ3v) is 10.5. The number of piperidine rings is 1. The lowest BCUT2D eigenvalue weighted by atomic mass is 9.76. The number of rotatable bonds is 7. The summed E-state index contributed by atoms with van der Waals surface area (Å²) >= 11 is 0. The van der Waals surface area contributed by atoms with Gasteiger partial charge in [-0.3, -0.25) is 5.10 Å². The molecule has 4 aliphatic rings. The molecule has 244 valence electrons. The highest BCUT2D eigenvalue weighted by Gasteiger charge is 2.45. The van der Waals surface area contributed by atoms with E-state index in [2.05, 4.69) is 28.5 Å². The zero-order valence-electron chi connectivity index (χ0n) is 26.8. The Morgan fingerprint density at radius 3 is 2.85 bits per heavy atom. The molecule has 12 heteroatoms. The van der Waals surface area contributed by atoms with E-state index >= 15 is 4.39 Å². The molecule has 1 aromatic carbocycles. The first kappa shape index (κ1) is 29.8. The van der Waals surface area contributed by atoms with Gasteiger partial charge in [0, 0.05) is 29.0 Å². The first-order chi connectivity index (χ1) is 22.3. The Morgan fingerprint density at radius 2 is 2.02 bits per heavy atom. The number of β-amino-alcohol motifs (C(OH)–C–C–N with tert-alkyl or cyclic N) is 1. The first-order valence-corrected chi connectivity index (χ1v) is 16.6. The third kappa shape index (κ3) is 5.05. The Bertz CT molecular complexity index is 1810. The van der Waals surface area contributed by atoms with Crippen molar-refractivity contribution in [2.24, 2.45) is 5.41 Å². The molecule has 0 bridgehead atoms. The van der Waals surface area contributed by atoms with Crippen molar-refractivity contribution >= 4 is 27.6 Å². The number of nitrogens with zero attached hydrogens (tertiary/aromatic N) is 5. The lowest BCUT2D eigenvalue weighted by Crippen LogP contribution is -2.49. The molecule has 3 N–H and O–H groups in total. The third-order valence-electron chi connectivity index (χ3n) is 10.5. The molecule has 11 nitrogen and oxygen atoms in total. The smallest absolute Gasteiger partial charge is 0.319 e. The predicted molar refractivity (Wildman–Crippen MR) is 172 cm³/mol. The van der Waals surface area contributed by atoms with Gasteiger partial charge >= 0.3 is 6.01 Å². The number of ether oxygens (including phenoxy) is 3. The Kier molecular flexibility index (Phi) is 7.30. The van der Waals surface area contributed by atoms with Gasteiger partial charge in [-0.2, -0.15) is 15.1 Å². The molecule has 4 fully saturated rings. The number of nitrogens with one attached hydrogen (secondary N) is 2. The Morgan fingerprint density at radius 1 is 1.17 bits per heavy atom. The summed E-state index contributed by atoms with van der Waals surface area (Å²) in [7, 11) is 1.53. The normalized spacial score (nSPS) is 26.8. The highest BCUT2D eigenvalue weighted by Crippen LogP contribution is 2.50. The van der Waals surface area contributed by atoms with Crippen molar-refractivity contribution in [1.29, 1.82) is 0 Å². The molecule has 2 saturated heterocycles. The zero-order chi connectivity index (χ0) is 31.6. The number of anilines is 1. The van der Waals surface area contributed by atoms with Crippen LogP contribution in [0, 0.1) is 18.2 Å². The molecular formula is C34H42FN7O4. The van der Waals surface area contributed by atoms with E-state index < -0.39 is 11.4 Å². The number of aliphatic hydroxyl groups is 1. The van der Waals surface area contributed by atoms with Crippen LogP contribution in [0.3, 0.4) is 0 Å². The summed E-state index contributed by atoms with van der Waals surface area (Å²) in [6.07, 6.45) is 9.34. The standard InChI is InChI=1S/C34H42FN7O4/c1-19-14-22-21(15-37-41-22)25(24(19)20-7-8-20)28-27(35)29-26(31(38-28)44-3)30(42-12-13-45-17-33(2,43)16-42)40-32(39-29)46-18-34-9-4-6-23(34)36-11-5-10-34/h14-15,20,23,36,43H,4-13,16-18H2,1-3H3,(H,37,41)/t23-,33+,34-/m1/s1. The SMILES string of the molecule is COc1nc(-c2c(C3CC3)c(C)cc3[nH]ncc23)c(F)c2nc(OC[C@@]34CCCN[C@@H]3CCC4)nc(N3CCOC[C@@](C)(O)C3)c12. The van der Waals surface area contributed by atoms with Crippen LogP contribution in [0.2, 0.25) is 0 Å². The zero-order valence-corrected chi connectivity index (χ0v) is 26.8. The number of aromatic nitrogens is 5. The monoisotopic (exact) mass is 631 g/mol. The minimum absolute atomic E-state index is 0.00407. The molecule has 46 heavy (non-hydrogen) atoms. The van der Waals surface area contributed by atoms with Crippen molar-refractivity contribution < 1.29 is 23.7 Å². The number of hydrogen-bond acceptors (Lipinski definition) is 10. The fourth-order valence-corrected chi connectivity index (χ4v) is 8.22. The van der Waals surface area contributed by atoms with E-state index in [0.717, 1.165) is 79.1 Å². The molecule has 0 amide bonds. The Balaban J connectivity index is 1.32. The maximum absolute atomic E-state index is 17.3. The van der Waals surface area contributed by atoms with E-state index in [4.69, 9.17) is 29.2 Å². The molecule has 2 aliphatic heterocycles. The van der Waals surface area contributed by atoms with Crippen LogP contribution >= 0.6 is 0 Å². The van der Waals surface area contributed by atoms with Gasteiger partial charge < -0.3 is 29.5 Å². The number of halogens is 1. The summed E-state index contributed by atoms with van der Waals surface area (Å²) in [6, 6.07) is 2.58. The molecule has 3 aromatic heterocycles. The molecule has 3 atom stereocenters. The van der Waals surface area contributed by atoms with Gasteiger partial charge in [0.1, 0.15) is 28.0 Å². The summed E-state index contributed by atoms with van der Waals surface area (Å²) < 4.78 is 35.4. The number of pyridine rings is 1. The molecular weight excluding hydrogens is 589 g/mol. The highest BCUT2D eigenvalue weighted by molar-refractivity contribution is 6.01. The van der Waals surface area contributed by atoms with Crippen LogP contribution in [0.1, 0.15) is 68.9 Å². The van der Waals surface area contributed by atoms with E-state index in [0.29, 0.717) is 42.9 Å². The van der Waals surface area contributed by atoms with Crippen molar-refractivity contribution in [2.45, 2.75) is 76.4 Å². The second-order valence-electron chi connectivity index (χ2n) is 14.0. The average molecular weight is 632 g/mol. The van der Waals surface area contributed by atoms with Gasteiger partial charge in [-0.25, -0.2) is 9.37 Å². The average Bonchev–Trinajstić information content (AvgIpc) is 3.67. The second kappa shape index (κ2) is 11.3. The number of H-pyrrole nitrogens is 1. The van der Waals surface area contributed by atoms with Gasteiger partial charge in [0.25, 0.3) is 0 Å². The molecule has 0 unspecified atom stereocenters. The number of methoxy groups -OCH3 is 1. The quantitative estimate of drug-likeness (QED) is 0.262. The minimum atomic E-state index is -1.15. The number of fused-ring (bicyclic) bond motifs is 3. The minimum Gasteiger partial charge on any atom is -0.480 e. The van der Waals surface area contributed by atoms with E-state index in [-0.39, 0.29) is 41.7 Å². The Labute approximate surface area is 267 Å². The van der Waals surface area contributed by atoms with Gasteiger partial charge in [-0.15, -0.1) is 0 Å². The van der Waals surface area contributed by atoms with Crippen LogP contribution in [-0.2, 0) is 4.74 Å². The van der Waals surface area contributed by atoms with Crippen molar-refractivity contribution in [3.63, 3.8) is 0 Å². The fourth-order valence-electron chi connectivity index (χ4n) is 8.22. The topological polar surface area (TPSA) is 131 Å². The van der Waals surface area contributed by atoms with Gasteiger partial charge in [-0.05, 0) is 82.0 Å². The first-order valence-electron chi connectivity index (χ1n) is 16.6. The number of aromatic amines is 1. The summed E-state index contributed by atoms with van der Waals surface area (Å²) in [6.45, 7) is 6.46. The van der Waals surface area contributed by atoms with E-state index in [1.165, 1.54) is 7.11 Å². The lowest BCUT2D eigenvalue weighted by Gasteiger charge is -2.39. The van der Waals surface area contributed by atoms with Crippen LogP contribution in [0.25, 0.3) is 33.1 Å². The summed E-state index contributed by atoms with van der Waals surface area (Å²) in [5.74, 6) is 0.388.